The molecule has 2 rings (SSSR count). The molecule has 31 heavy (non-hydrogen) atoms. The molecule has 7 nitrogen and oxygen atoms in total. The van der Waals surface area contributed by atoms with Crippen LogP contribution in [0, 0.1) is 5.82 Å². The van der Waals surface area contributed by atoms with Gasteiger partial charge in [0.2, 0.25) is 21.8 Å². The highest BCUT2D eigenvalue weighted by Gasteiger charge is 2.30. The minimum absolute atomic E-state index is 0.181. The third-order valence-electron chi connectivity index (χ3n) is 4.59. The molecule has 0 heterocycles. The number of halogens is 2. The van der Waals surface area contributed by atoms with Crippen molar-refractivity contribution in [3.63, 3.8) is 0 Å². The molecule has 2 aromatic rings. The zero-order chi connectivity index (χ0) is 23.2. The number of sulfonamides is 1. The quantitative estimate of drug-likeness (QED) is 0.558. The Labute approximate surface area is 190 Å². The predicted molar refractivity (Wildman–Crippen MR) is 121 cm³/mol. The lowest BCUT2D eigenvalue weighted by atomic mass is 10.1. The Bertz CT molecular complexity index is 1050. The summed E-state index contributed by atoms with van der Waals surface area (Å²) >= 11 is 3.29. The van der Waals surface area contributed by atoms with Crippen molar-refractivity contribution in [3.8, 4) is 0 Å². The largest absolute Gasteiger partial charge is 0.355 e. The number of anilines is 1. The summed E-state index contributed by atoms with van der Waals surface area (Å²) in [6, 6.07) is 11.5. The molecule has 10 heteroatoms. The van der Waals surface area contributed by atoms with Crippen molar-refractivity contribution < 1.29 is 22.4 Å². The van der Waals surface area contributed by atoms with E-state index in [2.05, 4.69) is 21.2 Å². The van der Waals surface area contributed by atoms with Gasteiger partial charge in [0.05, 0.1) is 11.9 Å². The van der Waals surface area contributed by atoms with Crippen molar-refractivity contribution >= 4 is 43.5 Å². The van der Waals surface area contributed by atoms with Crippen molar-refractivity contribution in [3.05, 3.63) is 64.4 Å². The van der Waals surface area contributed by atoms with Crippen LogP contribution in [0.5, 0.6) is 0 Å². The highest BCUT2D eigenvalue weighted by molar-refractivity contribution is 9.10. The number of likely N-dealkylation sites (N-methyl/N-ethyl adjacent to an activating group) is 1. The van der Waals surface area contributed by atoms with Gasteiger partial charge >= 0.3 is 0 Å². The number of carbonyl (C=O) groups is 2. The summed E-state index contributed by atoms with van der Waals surface area (Å²) in [5, 5.41) is 2.64. The number of rotatable bonds is 9. The number of carbonyl (C=O) groups excluding carboxylic acids is 2. The van der Waals surface area contributed by atoms with Gasteiger partial charge in [0.25, 0.3) is 0 Å². The van der Waals surface area contributed by atoms with E-state index >= 15 is 0 Å². The summed E-state index contributed by atoms with van der Waals surface area (Å²) in [4.78, 5) is 26.8. The van der Waals surface area contributed by atoms with E-state index in [1.165, 1.54) is 30.0 Å². The van der Waals surface area contributed by atoms with E-state index in [4.69, 9.17) is 0 Å². The summed E-state index contributed by atoms with van der Waals surface area (Å²) in [5.74, 6) is -1.57. The molecule has 0 saturated heterocycles. The van der Waals surface area contributed by atoms with Crippen LogP contribution in [0.25, 0.3) is 0 Å². The van der Waals surface area contributed by atoms with Crippen molar-refractivity contribution in [1.82, 2.24) is 10.2 Å². The van der Waals surface area contributed by atoms with Crippen LogP contribution < -0.4 is 9.62 Å². The summed E-state index contributed by atoms with van der Waals surface area (Å²) in [5.41, 5.74) is 0.516. The first kappa shape index (κ1) is 24.8. The summed E-state index contributed by atoms with van der Waals surface area (Å²) in [7, 11) is -3.81. The van der Waals surface area contributed by atoms with Gasteiger partial charge in [-0.1, -0.05) is 40.2 Å². The van der Waals surface area contributed by atoms with Crippen LogP contribution in [-0.4, -0.2) is 50.5 Å². The second kappa shape index (κ2) is 10.7. The van der Waals surface area contributed by atoms with Crippen LogP contribution in [0.2, 0.25) is 0 Å². The fourth-order valence-corrected chi connectivity index (χ4v) is 4.19. The first-order valence-electron chi connectivity index (χ1n) is 9.58. The number of nitrogens with zero attached hydrogens (tertiary/aromatic N) is 2. The third-order valence-corrected chi connectivity index (χ3v) is 6.23. The van der Waals surface area contributed by atoms with Crippen molar-refractivity contribution in [2.75, 3.05) is 23.7 Å². The zero-order valence-corrected chi connectivity index (χ0v) is 19.9. The van der Waals surface area contributed by atoms with Crippen LogP contribution in [0.1, 0.15) is 19.4 Å². The van der Waals surface area contributed by atoms with E-state index < -0.39 is 40.2 Å². The molecule has 0 aliphatic carbocycles. The first-order valence-corrected chi connectivity index (χ1v) is 12.2. The molecule has 0 fully saturated rings. The molecule has 2 aromatic carbocycles. The van der Waals surface area contributed by atoms with E-state index in [0.717, 1.165) is 10.6 Å². The summed E-state index contributed by atoms with van der Waals surface area (Å²) in [6.45, 7) is 2.91. The molecule has 1 N–H and O–H groups in total. The lowest BCUT2D eigenvalue weighted by Crippen LogP contribution is -2.51. The number of hydrogen-bond acceptors (Lipinski definition) is 4. The fourth-order valence-electron chi connectivity index (χ4n) is 2.96. The topological polar surface area (TPSA) is 86.8 Å². The maximum Gasteiger partial charge on any atom is 0.244 e. The van der Waals surface area contributed by atoms with Gasteiger partial charge in [-0.2, -0.15) is 0 Å². The first-order chi connectivity index (χ1) is 14.5. The molecule has 0 aliphatic heterocycles. The maximum absolute atomic E-state index is 14.2. The van der Waals surface area contributed by atoms with E-state index in [-0.39, 0.29) is 12.1 Å². The van der Waals surface area contributed by atoms with Gasteiger partial charge in [-0.25, -0.2) is 12.8 Å². The van der Waals surface area contributed by atoms with Crippen LogP contribution in [-0.2, 0) is 26.2 Å². The van der Waals surface area contributed by atoms with Crippen LogP contribution >= 0.6 is 15.9 Å². The molecule has 2 amide bonds. The van der Waals surface area contributed by atoms with Gasteiger partial charge < -0.3 is 10.2 Å². The second-order valence-corrected chi connectivity index (χ2v) is 9.76. The molecule has 0 radical (unpaired) electrons. The van der Waals surface area contributed by atoms with Crippen molar-refractivity contribution in [1.29, 1.82) is 0 Å². The van der Waals surface area contributed by atoms with Gasteiger partial charge in [0.15, 0.2) is 0 Å². The molecule has 1 unspecified atom stereocenters. The van der Waals surface area contributed by atoms with Gasteiger partial charge in [-0.3, -0.25) is 13.9 Å². The number of nitrogens with one attached hydrogen (secondary N) is 1. The van der Waals surface area contributed by atoms with E-state index in [1.807, 2.05) is 0 Å². The van der Waals surface area contributed by atoms with Crippen LogP contribution in [0.3, 0.4) is 0 Å². The molecule has 0 aromatic heterocycles. The summed E-state index contributed by atoms with van der Waals surface area (Å²) < 4.78 is 40.7. The molecule has 0 aliphatic rings. The van der Waals surface area contributed by atoms with Crippen LogP contribution in [0.4, 0.5) is 10.1 Å². The lowest BCUT2D eigenvalue weighted by molar-refractivity contribution is -0.139. The molecular weight excluding hydrogens is 489 g/mol. The molecule has 0 spiro atoms. The molecule has 0 bridgehead atoms. The smallest absolute Gasteiger partial charge is 0.244 e. The minimum atomic E-state index is -3.81. The standard InChI is InChI=1S/C21H25BrFN3O4S/c1-4-24-21(28)15(2)25(13-16-8-5-6-11-19(16)23)20(27)14-26(31(3,29)30)18-10-7-9-17(22)12-18/h5-12,15H,4,13-14H2,1-3H3,(H,24,28). The SMILES string of the molecule is CCNC(=O)C(C)N(Cc1ccccc1F)C(=O)CN(c1cccc(Br)c1)S(C)(=O)=O. The Morgan fingerprint density at radius 2 is 1.84 bits per heavy atom. The second-order valence-electron chi connectivity index (χ2n) is 6.93. The van der Waals surface area contributed by atoms with Crippen molar-refractivity contribution in [2.24, 2.45) is 0 Å². The van der Waals surface area contributed by atoms with Crippen LogP contribution in [0.15, 0.2) is 53.0 Å². The molecule has 0 saturated carbocycles. The highest BCUT2D eigenvalue weighted by Crippen LogP contribution is 2.23. The normalized spacial score (nSPS) is 12.2. The predicted octanol–water partition coefficient (Wildman–Crippen LogP) is 2.91. The fraction of sp³-hybridized carbons (Fsp3) is 0.333. The van der Waals surface area contributed by atoms with E-state index in [1.54, 1.807) is 37.3 Å². The number of amides is 2. The Balaban J connectivity index is 2.40. The molecule has 168 valence electrons. The Morgan fingerprint density at radius 3 is 2.42 bits per heavy atom. The van der Waals surface area contributed by atoms with Gasteiger partial charge in [-0.15, -0.1) is 0 Å². The average Bonchev–Trinajstić information content (AvgIpc) is 2.70. The monoisotopic (exact) mass is 513 g/mol. The van der Waals surface area contributed by atoms with E-state index in [9.17, 15) is 22.4 Å². The summed E-state index contributed by atoms with van der Waals surface area (Å²) in [6.07, 6.45) is 0.996. The van der Waals surface area contributed by atoms with E-state index in [0.29, 0.717) is 16.7 Å². The maximum atomic E-state index is 14.2. The lowest BCUT2D eigenvalue weighted by Gasteiger charge is -2.31. The highest BCUT2D eigenvalue weighted by atomic mass is 79.9. The molecule has 1 atom stereocenters. The van der Waals surface area contributed by atoms with Gasteiger partial charge in [-0.05, 0) is 38.1 Å². The van der Waals surface area contributed by atoms with Crippen molar-refractivity contribution in [2.45, 2.75) is 26.4 Å². The Hall–Kier alpha value is -2.46. The average molecular weight is 514 g/mol. The zero-order valence-electron chi connectivity index (χ0n) is 17.5. The Kier molecular flexibility index (Phi) is 8.58. The molecular formula is C21H25BrFN3O4S. The van der Waals surface area contributed by atoms with Gasteiger partial charge in [0, 0.05) is 23.1 Å². The Morgan fingerprint density at radius 1 is 1.16 bits per heavy atom. The third kappa shape index (κ3) is 6.76. The van der Waals surface area contributed by atoms with Gasteiger partial charge in [0.1, 0.15) is 18.4 Å². The number of benzene rings is 2. The minimum Gasteiger partial charge on any atom is -0.355 e. The number of hydrogen-bond donors (Lipinski definition) is 1.